The molecule has 0 spiro atoms. The van der Waals surface area contributed by atoms with Crippen LogP contribution >= 0.6 is 0 Å². The molecule has 180 valence electrons. The number of carbonyl (C=O) groups is 1. The summed E-state index contributed by atoms with van der Waals surface area (Å²) in [5.74, 6) is 1.82. The summed E-state index contributed by atoms with van der Waals surface area (Å²) in [5, 5.41) is 5.57. The van der Waals surface area contributed by atoms with Crippen LogP contribution in [0, 0.1) is 0 Å². The monoisotopic (exact) mass is 468 g/mol. The maximum Gasteiger partial charge on any atom is 0.317 e. The van der Waals surface area contributed by atoms with E-state index in [9.17, 15) is 4.79 Å². The van der Waals surface area contributed by atoms with Crippen molar-refractivity contribution in [2.24, 2.45) is 0 Å². The summed E-state index contributed by atoms with van der Waals surface area (Å²) in [6, 6.07) is 22.9. The standard InChI is InChI=1S/C29H32N4O2/c1-20(2)28-30-19-27(35-28)23-11-13-24(14-12-23)32-15-17-33(18-16-32)29(34)31-21(3)25-10-6-8-22-7-4-5-9-26(22)25/h4-14,19-21H,15-18H2,1-3H3,(H,31,34)/t21-/m0/s1. The van der Waals surface area contributed by atoms with Crippen LogP contribution in [-0.4, -0.2) is 42.1 Å². The summed E-state index contributed by atoms with van der Waals surface area (Å²) in [7, 11) is 0. The summed E-state index contributed by atoms with van der Waals surface area (Å²) in [6.45, 7) is 9.18. The zero-order valence-electron chi connectivity index (χ0n) is 20.6. The minimum atomic E-state index is -0.0634. The molecule has 0 unspecified atom stereocenters. The number of urea groups is 1. The first-order valence-corrected chi connectivity index (χ1v) is 12.3. The Morgan fingerprint density at radius 2 is 1.63 bits per heavy atom. The van der Waals surface area contributed by atoms with E-state index in [0.29, 0.717) is 13.1 Å². The average molecular weight is 469 g/mol. The van der Waals surface area contributed by atoms with Crippen molar-refractivity contribution in [2.45, 2.75) is 32.7 Å². The fourth-order valence-electron chi connectivity index (χ4n) is 4.67. The quantitative estimate of drug-likeness (QED) is 0.378. The second-order valence-electron chi connectivity index (χ2n) is 9.48. The van der Waals surface area contributed by atoms with Crippen molar-refractivity contribution < 1.29 is 9.21 Å². The predicted octanol–water partition coefficient (Wildman–Crippen LogP) is 6.21. The number of aromatic nitrogens is 1. The Labute approximate surface area is 206 Å². The molecule has 2 heterocycles. The molecule has 35 heavy (non-hydrogen) atoms. The van der Waals surface area contributed by atoms with Crippen LogP contribution in [0.3, 0.4) is 0 Å². The van der Waals surface area contributed by atoms with Crippen molar-refractivity contribution in [1.29, 1.82) is 0 Å². The molecule has 0 radical (unpaired) electrons. The Bertz CT molecular complexity index is 1300. The van der Waals surface area contributed by atoms with Crippen LogP contribution in [0.1, 0.15) is 44.2 Å². The lowest BCUT2D eigenvalue weighted by molar-refractivity contribution is 0.191. The van der Waals surface area contributed by atoms with Gasteiger partial charge in [0, 0.05) is 43.3 Å². The third kappa shape index (κ3) is 4.87. The molecular weight excluding hydrogens is 436 g/mol. The Kier molecular flexibility index (Phi) is 6.45. The largest absolute Gasteiger partial charge is 0.440 e. The van der Waals surface area contributed by atoms with Gasteiger partial charge in [-0.3, -0.25) is 0 Å². The SMILES string of the molecule is CC(C)c1ncc(-c2ccc(N3CCN(C(=O)N[C@@H](C)c4cccc5ccccc45)CC3)cc2)o1. The van der Waals surface area contributed by atoms with Gasteiger partial charge >= 0.3 is 6.03 Å². The number of amides is 2. The molecule has 1 saturated heterocycles. The number of nitrogens with one attached hydrogen (secondary N) is 1. The average Bonchev–Trinajstić information content (AvgIpc) is 3.39. The molecule has 2 amide bonds. The summed E-state index contributed by atoms with van der Waals surface area (Å²) in [4.78, 5) is 21.6. The van der Waals surface area contributed by atoms with Crippen LogP contribution in [0.25, 0.3) is 22.1 Å². The van der Waals surface area contributed by atoms with Crippen molar-refractivity contribution in [3.05, 3.63) is 84.4 Å². The number of nitrogens with zero attached hydrogens (tertiary/aromatic N) is 3. The number of fused-ring (bicyclic) bond motifs is 1. The van der Waals surface area contributed by atoms with Gasteiger partial charge < -0.3 is 19.5 Å². The third-order valence-electron chi connectivity index (χ3n) is 6.73. The first-order chi connectivity index (χ1) is 17.0. The molecule has 1 N–H and O–H groups in total. The topological polar surface area (TPSA) is 61.6 Å². The van der Waals surface area contributed by atoms with Gasteiger partial charge in [-0.15, -0.1) is 0 Å². The molecule has 1 fully saturated rings. The zero-order valence-corrected chi connectivity index (χ0v) is 20.6. The Morgan fingerprint density at radius 3 is 2.34 bits per heavy atom. The van der Waals surface area contributed by atoms with Gasteiger partial charge in [0.15, 0.2) is 11.7 Å². The molecule has 3 aromatic carbocycles. The normalized spacial score (nSPS) is 15.0. The van der Waals surface area contributed by atoms with Crippen LogP contribution < -0.4 is 10.2 Å². The minimum Gasteiger partial charge on any atom is -0.440 e. The van der Waals surface area contributed by atoms with E-state index in [-0.39, 0.29) is 18.0 Å². The molecule has 5 rings (SSSR count). The second-order valence-corrected chi connectivity index (χ2v) is 9.48. The number of benzene rings is 3. The Balaban J connectivity index is 1.18. The lowest BCUT2D eigenvalue weighted by Crippen LogP contribution is -2.52. The fraction of sp³-hybridized carbons (Fsp3) is 0.310. The maximum absolute atomic E-state index is 13.0. The summed E-state index contributed by atoms with van der Waals surface area (Å²) in [5.41, 5.74) is 3.32. The molecule has 0 aliphatic carbocycles. The third-order valence-corrected chi connectivity index (χ3v) is 6.73. The molecule has 1 aromatic heterocycles. The van der Waals surface area contributed by atoms with E-state index in [1.54, 1.807) is 6.20 Å². The van der Waals surface area contributed by atoms with Gasteiger partial charge in [0.1, 0.15) is 0 Å². The maximum atomic E-state index is 13.0. The van der Waals surface area contributed by atoms with Gasteiger partial charge in [0.05, 0.1) is 12.2 Å². The van der Waals surface area contributed by atoms with Crippen molar-refractivity contribution in [1.82, 2.24) is 15.2 Å². The summed E-state index contributed by atoms with van der Waals surface area (Å²) < 4.78 is 5.87. The van der Waals surface area contributed by atoms with E-state index in [0.717, 1.165) is 41.6 Å². The predicted molar refractivity (Wildman–Crippen MR) is 141 cm³/mol. The van der Waals surface area contributed by atoms with E-state index in [4.69, 9.17) is 4.42 Å². The van der Waals surface area contributed by atoms with Crippen molar-refractivity contribution in [2.75, 3.05) is 31.1 Å². The number of oxazole rings is 1. The molecule has 0 bridgehead atoms. The van der Waals surface area contributed by atoms with Crippen LogP contribution in [0.15, 0.2) is 77.3 Å². The van der Waals surface area contributed by atoms with E-state index < -0.39 is 0 Å². The van der Waals surface area contributed by atoms with Gasteiger partial charge in [0.25, 0.3) is 0 Å². The molecule has 6 heteroatoms. The van der Waals surface area contributed by atoms with Gasteiger partial charge in [-0.1, -0.05) is 56.3 Å². The van der Waals surface area contributed by atoms with Gasteiger partial charge in [0.2, 0.25) is 0 Å². The molecule has 6 nitrogen and oxygen atoms in total. The van der Waals surface area contributed by atoms with Crippen molar-refractivity contribution in [3.8, 4) is 11.3 Å². The Hall–Kier alpha value is -3.80. The van der Waals surface area contributed by atoms with Crippen LogP contribution in [0.2, 0.25) is 0 Å². The van der Waals surface area contributed by atoms with E-state index in [1.165, 1.54) is 10.8 Å². The van der Waals surface area contributed by atoms with Crippen LogP contribution in [0.4, 0.5) is 10.5 Å². The van der Waals surface area contributed by atoms with Gasteiger partial charge in [-0.2, -0.15) is 0 Å². The van der Waals surface area contributed by atoms with Gasteiger partial charge in [-0.25, -0.2) is 9.78 Å². The highest BCUT2D eigenvalue weighted by Gasteiger charge is 2.23. The Morgan fingerprint density at radius 1 is 0.914 bits per heavy atom. The fourth-order valence-corrected chi connectivity index (χ4v) is 4.67. The molecular formula is C29H32N4O2. The van der Waals surface area contributed by atoms with Crippen LogP contribution in [0.5, 0.6) is 0 Å². The number of carbonyl (C=O) groups excluding carboxylic acids is 1. The lowest BCUT2D eigenvalue weighted by atomic mass is 10.00. The van der Waals surface area contributed by atoms with Crippen molar-refractivity contribution >= 4 is 22.5 Å². The minimum absolute atomic E-state index is 0.00768. The summed E-state index contributed by atoms with van der Waals surface area (Å²) in [6.07, 6.45) is 1.79. The number of rotatable bonds is 5. The highest BCUT2D eigenvalue weighted by molar-refractivity contribution is 5.86. The number of hydrogen-bond acceptors (Lipinski definition) is 4. The van der Waals surface area contributed by atoms with Gasteiger partial charge in [-0.05, 0) is 47.5 Å². The highest BCUT2D eigenvalue weighted by atomic mass is 16.4. The highest BCUT2D eigenvalue weighted by Crippen LogP contribution is 2.27. The number of piperazine rings is 1. The molecule has 0 saturated carbocycles. The first kappa shape index (κ1) is 23.0. The lowest BCUT2D eigenvalue weighted by Gasteiger charge is -2.36. The van der Waals surface area contributed by atoms with Crippen LogP contribution in [-0.2, 0) is 0 Å². The molecule has 1 atom stereocenters. The van der Waals surface area contributed by atoms with E-state index in [1.807, 2.05) is 17.0 Å². The molecule has 1 aliphatic rings. The summed E-state index contributed by atoms with van der Waals surface area (Å²) >= 11 is 0. The number of anilines is 1. The van der Waals surface area contributed by atoms with E-state index in [2.05, 4.69) is 90.6 Å². The number of hydrogen-bond donors (Lipinski definition) is 1. The zero-order chi connectivity index (χ0) is 24.4. The molecule has 1 aliphatic heterocycles. The smallest absolute Gasteiger partial charge is 0.317 e. The van der Waals surface area contributed by atoms with E-state index >= 15 is 0 Å². The molecule has 4 aromatic rings. The second kappa shape index (κ2) is 9.82. The first-order valence-electron chi connectivity index (χ1n) is 12.3. The van der Waals surface area contributed by atoms with Crippen molar-refractivity contribution in [3.63, 3.8) is 0 Å².